The van der Waals surface area contributed by atoms with Gasteiger partial charge in [-0.2, -0.15) is 0 Å². The Balaban J connectivity index is 1.69. The van der Waals surface area contributed by atoms with Crippen LogP contribution in [0.2, 0.25) is 0 Å². The molecule has 0 aliphatic heterocycles. The fourth-order valence-corrected chi connectivity index (χ4v) is 3.82. The van der Waals surface area contributed by atoms with Crippen molar-refractivity contribution < 1.29 is 14.5 Å². The topological polar surface area (TPSA) is 100 Å². The van der Waals surface area contributed by atoms with Gasteiger partial charge in [0.05, 0.1) is 10.7 Å². The zero-order valence-corrected chi connectivity index (χ0v) is 18.1. The second-order valence-corrected chi connectivity index (χ2v) is 7.82. The van der Waals surface area contributed by atoms with E-state index in [9.17, 15) is 14.9 Å². The van der Waals surface area contributed by atoms with Crippen molar-refractivity contribution in [2.45, 2.75) is 32.2 Å². The van der Waals surface area contributed by atoms with Crippen molar-refractivity contribution in [3.63, 3.8) is 0 Å². The Morgan fingerprint density at radius 3 is 2.77 bits per heavy atom. The standard InChI is InChI=1S/C22H22N4O4S/c1-4-10-25-21(13-30-20-9-8-15(2)11-16(20)3)23-24-22(25)31-14-19(27)17-6-5-7-18(12-17)26(28)29/h4-9,11-12H,1,10,13-14H2,2-3H3. The maximum atomic E-state index is 12.5. The molecule has 0 aliphatic carbocycles. The normalized spacial score (nSPS) is 10.6. The molecule has 2 aromatic carbocycles. The maximum absolute atomic E-state index is 12.5. The lowest BCUT2D eigenvalue weighted by atomic mass is 10.1. The predicted molar refractivity (Wildman–Crippen MR) is 119 cm³/mol. The number of rotatable bonds is 10. The minimum Gasteiger partial charge on any atom is -0.485 e. The number of non-ortho nitro benzene ring substituents is 1. The van der Waals surface area contributed by atoms with E-state index in [0.29, 0.717) is 17.5 Å². The number of hydrogen-bond acceptors (Lipinski definition) is 7. The Labute approximate surface area is 184 Å². The monoisotopic (exact) mass is 438 g/mol. The molecule has 8 nitrogen and oxygen atoms in total. The average Bonchev–Trinajstić information content (AvgIpc) is 3.13. The Morgan fingerprint density at radius 1 is 1.26 bits per heavy atom. The molecule has 1 heterocycles. The predicted octanol–water partition coefficient (Wildman–Crippen LogP) is 4.54. The quantitative estimate of drug-likeness (QED) is 0.151. The van der Waals surface area contributed by atoms with Crippen molar-refractivity contribution in [3.8, 4) is 5.75 Å². The van der Waals surface area contributed by atoms with Crippen LogP contribution in [0.4, 0.5) is 5.69 Å². The molecule has 0 radical (unpaired) electrons. The van der Waals surface area contributed by atoms with Crippen molar-refractivity contribution >= 4 is 23.2 Å². The Morgan fingerprint density at radius 2 is 2.06 bits per heavy atom. The molecule has 0 atom stereocenters. The number of ketones is 1. The molecule has 1 aromatic heterocycles. The first-order valence-electron chi connectivity index (χ1n) is 9.52. The number of carbonyl (C=O) groups is 1. The molecule has 0 saturated carbocycles. The van der Waals surface area contributed by atoms with Gasteiger partial charge >= 0.3 is 0 Å². The molecule has 0 bridgehead atoms. The lowest BCUT2D eigenvalue weighted by Crippen LogP contribution is -2.09. The third-order valence-electron chi connectivity index (χ3n) is 4.50. The van der Waals surface area contributed by atoms with Crippen LogP contribution in [0.5, 0.6) is 5.75 Å². The van der Waals surface area contributed by atoms with Gasteiger partial charge in [0.15, 0.2) is 16.8 Å². The molecule has 0 N–H and O–H groups in total. The van der Waals surface area contributed by atoms with Gasteiger partial charge in [-0.3, -0.25) is 19.5 Å². The zero-order chi connectivity index (χ0) is 22.4. The van der Waals surface area contributed by atoms with E-state index in [-0.39, 0.29) is 29.4 Å². The summed E-state index contributed by atoms with van der Waals surface area (Å²) in [5, 5.41) is 19.9. The molecular formula is C22H22N4O4S. The van der Waals surface area contributed by atoms with Gasteiger partial charge in [-0.25, -0.2) is 0 Å². The summed E-state index contributed by atoms with van der Waals surface area (Å²) in [4.78, 5) is 22.9. The van der Waals surface area contributed by atoms with E-state index >= 15 is 0 Å². The molecule has 0 unspecified atom stereocenters. The molecule has 0 spiro atoms. The Kier molecular flexibility index (Phi) is 7.19. The molecular weight excluding hydrogens is 416 g/mol. The molecule has 0 amide bonds. The summed E-state index contributed by atoms with van der Waals surface area (Å²) in [7, 11) is 0. The zero-order valence-electron chi connectivity index (χ0n) is 17.3. The number of benzene rings is 2. The molecule has 3 aromatic rings. The second-order valence-electron chi connectivity index (χ2n) is 6.87. The van der Waals surface area contributed by atoms with Crippen LogP contribution in [-0.4, -0.2) is 31.2 Å². The molecule has 31 heavy (non-hydrogen) atoms. The van der Waals surface area contributed by atoms with E-state index in [0.717, 1.165) is 16.9 Å². The molecule has 0 fully saturated rings. The van der Waals surface area contributed by atoms with Crippen LogP contribution in [0.25, 0.3) is 0 Å². The van der Waals surface area contributed by atoms with E-state index in [2.05, 4.69) is 16.8 Å². The van der Waals surface area contributed by atoms with Gasteiger partial charge in [-0.1, -0.05) is 47.7 Å². The van der Waals surface area contributed by atoms with Gasteiger partial charge in [-0.15, -0.1) is 16.8 Å². The fraction of sp³-hybridized carbons (Fsp3) is 0.227. The SMILES string of the molecule is C=CCn1c(COc2ccc(C)cc2C)nnc1SCC(=O)c1cccc([N+](=O)[O-])c1. The number of Topliss-reactive ketones (excluding diaryl/α,β-unsaturated/α-hetero) is 1. The van der Waals surface area contributed by atoms with Crippen molar-refractivity contribution in [3.05, 3.63) is 87.7 Å². The van der Waals surface area contributed by atoms with Crippen LogP contribution in [0, 0.1) is 24.0 Å². The number of aromatic nitrogens is 3. The summed E-state index contributed by atoms with van der Waals surface area (Å²) < 4.78 is 7.75. The fourth-order valence-electron chi connectivity index (χ4n) is 2.95. The van der Waals surface area contributed by atoms with E-state index < -0.39 is 4.92 Å². The first kappa shape index (κ1) is 22.2. The van der Waals surface area contributed by atoms with Crippen LogP contribution in [0.15, 0.2) is 60.3 Å². The molecule has 0 saturated heterocycles. The number of nitrogens with zero attached hydrogens (tertiary/aromatic N) is 4. The summed E-state index contributed by atoms with van der Waals surface area (Å²) in [6.07, 6.45) is 1.72. The summed E-state index contributed by atoms with van der Waals surface area (Å²) >= 11 is 1.22. The van der Waals surface area contributed by atoms with Gasteiger partial charge in [-0.05, 0) is 25.5 Å². The van der Waals surface area contributed by atoms with Crippen molar-refractivity contribution in [1.29, 1.82) is 0 Å². The number of aryl methyl sites for hydroxylation is 2. The maximum Gasteiger partial charge on any atom is 0.270 e. The number of ether oxygens (including phenoxy) is 1. The number of allylic oxidation sites excluding steroid dienone is 1. The van der Waals surface area contributed by atoms with Gasteiger partial charge in [0.1, 0.15) is 12.4 Å². The van der Waals surface area contributed by atoms with Crippen molar-refractivity contribution in [2.24, 2.45) is 0 Å². The summed E-state index contributed by atoms with van der Waals surface area (Å²) in [5.74, 6) is 1.24. The van der Waals surface area contributed by atoms with E-state index in [4.69, 9.17) is 4.74 Å². The molecule has 9 heteroatoms. The third kappa shape index (κ3) is 5.58. The summed E-state index contributed by atoms with van der Waals surface area (Å²) in [6, 6.07) is 11.6. The average molecular weight is 439 g/mol. The largest absolute Gasteiger partial charge is 0.485 e. The number of thioether (sulfide) groups is 1. The first-order chi connectivity index (χ1) is 14.9. The highest BCUT2D eigenvalue weighted by molar-refractivity contribution is 7.99. The number of nitro groups is 1. The van der Waals surface area contributed by atoms with Crippen LogP contribution >= 0.6 is 11.8 Å². The van der Waals surface area contributed by atoms with Crippen LogP contribution in [0.1, 0.15) is 27.3 Å². The van der Waals surface area contributed by atoms with Gasteiger partial charge in [0, 0.05) is 24.2 Å². The van der Waals surface area contributed by atoms with Gasteiger partial charge < -0.3 is 4.74 Å². The molecule has 0 aliphatic rings. The van der Waals surface area contributed by atoms with Crippen molar-refractivity contribution in [1.82, 2.24) is 14.8 Å². The minimum absolute atomic E-state index is 0.0777. The number of nitro benzene ring substituents is 1. The third-order valence-corrected chi connectivity index (χ3v) is 5.47. The van der Waals surface area contributed by atoms with Crippen molar-refractivity contribution in [2.75, 3.05) is 5.75 Å². The summed E-state index contributed by atoms with van der Waals surface area (Å²) in [6.45, 7) is 8.47. The minimum atomic E-state index is -0.521. The van der Waals surface area contributed by atoms with Crippen LogP contribution in [-0.2, 0) is 13.2 Å². The van der Waals surface area contributed by atoms with Gasteiger partial charge in [0.2, 0.25) is 0 Å². The second kappa shape index (κ2) is 10.0. The summed E-state index contributed by atoms with van der Waals surface area (Å²) in [5.41, 5.74) is 2.37. The van der Waals surface area contributed by atoms with Crippen LogP contribution in [0.3, 0.4) is 0 Å². The first-order valence-corrected chi connectivity index (χ1v) is 10.5. The lowest BCUT2D eigenvalue weighted by molar-refractivity contribution is -0.384. The van der Waals surface area contributed by atoms with E-state index in [1.54, 1.807) is 12.1 Å². The highest BCUT2D eigenvalue weighted by Crippen LogP contribution is 2.23. The van der Waals surface area contributed by atoms with E-state index in [1.165, 1.54) is 30.0 Å². The Hall–Kier alpha value is -3.46. The van der Waals surface area contributed by atoms with Gasteiger partial charge in [0.25, 0.3) is 5.69 Å². The highest BCUT2D eigenvalue weighted by atomic mass is 32.2. The van der Waals surface area contributed by atoms with E-state index in [1.807, 2.05) is 36.6 Å². The number of carbonyl (C=O) groups excluding carboxylic acids is 1. The molecule has 160 valence electrons. The smallest absolute Gasteiger partial charge is 0.270 e. The lowest BCUT2D eigenvalue weighted by Gasteiger charge is -2.11. The Bertz CT molecular complexity index is 1130. The number of hydrogen-bond donors (Lipinski definition) is 0. The molecule has 3 rings (SSSR count). The van der Waals surface area contributed by atoms with Crippen LogP contribution < -0.4 is 4.74 Å². The highest BCUT2D eigenvalue weighted by Gasteiger charge is 2.16.